The van der Waals surface area contributed by atoms with Gasteiger partial charge in [-0.3, -0.25) is 0 Å². The van der Waals surface area contributed by atoms with Gasteiger partial charge in [0.05, 0.1) is 16.4 Å². The van der Waals surface area contributed by atoms with Crippen molar-refractivity contribution in [3.8, 4) is 39.1 Å². The Morgan fingerprint density at radius 1 is 0.302 bits per heavy atom. The van der Waals surface area contributed by atoms with Crippen LogP contribution in [0.2, 0.25) is 0 Å². The van der Waals surface area contributed by atoms with Crippen molar-refractivity contribution in [2.45, 2.75) is 5.41 Å². The fourth-order valence-electron chi connectivity index (χ4n) is 10.4. The molecule has 0 bridgehead atoms. The van der Waals surface area contributed by atoms with E-state index in [1.54, 1.807) is 0 Å². The molecule has 0 saturated carbocycles. The van der Waals surface area contributed by atoms with E-state index in [-0.39, 0.29) is 0 Å². The minimum absolute atomic E-state index is 0.487. The summed E-state index contributed by atoms with van der Waals surface area (Å²) in [6.07, 6.45) is 0. The lowest BCUT2D eigenvalue weighted by Crippen LogP contribution is -2.28. The molecule has 0 atom stereocenters. The van der Waals surface area contributed by atoms with Gasteiger partial charge in [0.25, 0.3) is 0 Å². The monoisotopic (exact) mass is 802 g/mol. The van der Waals surface area contributed by atoms with Crippen LogP contribution in [0.3, 0.4) is 0 Å². The summed E-state index contributed by atoms with van der Waals surface area (Å²) in [6.45, 7) is 0. The molecule has 63 heavy (non-hydrogen) atoms. The van der Waals surface area contributed by atoms with Crippen molar-refractivity contribution < 1.29 is 0 Å². The van der Waals surface area contributed by atoms with Gasteiger partial charge in [-0.2, -0.15) is 0 Å². The third-order valence-electron chi connectivity index (χ3n) is 13.1. The largest absolute Gasteiger partial charge is 0.310 e. The van der Waals surface area contributed by atoms with E-state index >= 15 is 0 Å². The molecule has 1 aromatic heterocycles. The molecule has 2 heteroatoms. The summed E-state index contributed by atoms with van der Waals surface area (Å²) in [5.74, 6) is 0. The number of fused-ring (bicyclic) bond motifs is 6. The molecule has 0 N–H and O–H groups in total. The van der Waals surface area contributed by atoms with Gasteiger partial charge >= 0.3 is 0 Å². The van der Waals surface area contributed by atoms with Crippen LogP contribution in [0.1, 0.15) is 22.3 Å². The molecule has 1 aliphatic carbocycles. The first-order chi connectivity index (χ1) is 31.3. The predicted molar refractivity (Wildman–Crippen MR) is 264 cm³/mol. The van der Waals surface area contributed by atoms with Crippen LogP contribution < -0.4 is 4.90 Å². The molecule has 11 aromatic rings. The fourth-order valence-corrected chi connectivity index (χ4v) is 10.4. The summed E-state index contributed by atoms with van der Waals surface area (Å²) < 4.78 is 2.39. The number of nitrogens with zero attached hydrogens (tertiary/aromatic N) is 2. The Bertz CT molecular complexity index is 3380. The minimum atomic E-state index is -0.487. The SMILES string of the molecule is c1ccc(N(c2ccc(-c3ccccc3-c3ccc4c5ccccc5n(-c5ccccc5)c4c3)cc2)c2ccc3c(c2)C(c2ccccc2)(c2ccccc2)c2ccccc2-3)cc1. The molecule has 0 radical (unpaired) electrons. The maximum Gasteiger partial charge on any atom is 0.0714 e. The number of anilines is 3. The van der Waals surface area contributed by atoms with Crippen LogP contribution in [0, 0.1) is 0 Å². The molecule has 0 amide bonds. The van der Waals surface area contributed by atoms with Crippen LogP contribution in [-0.4, -0.2) is 4.57 Å². The Balaban J connectivity index is 0.985. The second-order valence-corrected chi connectivity index (χ2v) is 16.4. The van der Waals surface area contributed by atoms with Crippen molar-refractivity contribution in [1.82, 2.24) is 4.57 Å². The Morgan fingerprint density at radius 2 is 0.794 bits per heavy atom. The van der Waals surface area contributed by atoms with Gasteiger partial charge in [-0.25, -0.2) is 0 Å². The van der Waals surface area contributed by atoms with Crippen molar-refractivity contribution in [2.75, 3.05) is 4.90 Å². The van der Waals surface area contributed by atoms with Gasteiger partial charge in [0.15, 0.2) is 0 Å². The molecule has 1 aliphatic rings. The zero-order valence-corrected chi connectivity index (χ0v) is 34.6. The van der Waals surface area contributed by atoms with Gasteiger partial charge in [-0.15, -0.1) is 0 Å². The average molecular weight is 803 g/mol. The van der Waals surface area contributed by atoms with E-state index in [0.717, 1.165) is 22.7 Å². The molecule has 0 aliphatic heterocycles. The second kappa shape index (κ2) is 15.1. The lowest BCUT2D eigenvalue weighted by molar-refractivity contribution is 0.768. The first-order valence-electron chi connectivity index (χ1n) is 21.8. The summed E-state index contributed by atoms with van der Waals surface area (Å²) in [7, 11) is 0. The van der Waals surface area contributed by atoms with Crippen molar-refractivity contribution >= 4 is 38.9 Å². The highest BCUT2D eigenvalue weighted by Crippen LogP contribution is 2.57. The van der Waals surface area contributed by atoms with Gasteiger partial charge in [-0.05, 0) is 116 Å². The van der Waals surface area contributed by atoms with Crippen LogP contribution in [0.15, 0.2) is 255 Å². The Morgan fingerprint density at radius 3 is 1.49 bits per heavy atom. The maximum absolute atomic E-state index is 2.44. The molecule has 12 rings (SSSR count). The van der Waals surface area contributed by atoms with Crippen molar-refractivity contribution in [2.24, 2.45) is 0 Å². The third kappa shape index (κ3) is 5.87. The molecule has 0 unspecified atom stereocenters. The lowest BCUT2D eigenvalue weighted by atomic mass is 9.67. The fraction of sp³-hybridized carbons (Fsp3) is 0.0164. The average Bonchev–Trinajstić information content (AvgIpc) is 3.85. The number of para-hydroxylation sites is 3. The van der Waals surface area contributed by atoms with Gasteiger partial charge < -0.3 is 9.47 Å². The molecule has 10 aromatic carbocycles. The Kier molecular flexibility index (Phi) is 8.76. The van der Waals surface area contributed by atoms with Crippen LogP contribution in [0.4, 0.5) is 17.1 Å². The Labute approximate surface area is 368 Å². The molecule has 2 nitrogen and oxygen atoms in total. The van der Waals surface area contributed by atoms with E-state index in [4.69, 9.17) is 0 Å². The van der Waals surface area contributed by atoms with E-state index in [0.29, 0.717) is 0 Å². The van der Waals surface area contributed by atoms with E-state index in [1.165, 1.54) is 77.4 Å². The first-order valence-corrected chi connectivity index (χ1v) is 21.8. The molecule has 0 fully saturated rings. The van der Waals surface area contributed by atoms with E-state index in [2.05, 4.69) is 264 Å². The number of rotatable bonds is 8. The molecule has 0 saturated heterocycles. The summed E-state index contributed by atoms with van der Waals surface area (Å²) in [5, 5.41) is 2.51. The number of hydrogen-bond donors (Lipinski definition) is 0. The van der Waals surface area contributed by atoms with Gasteiger partial charge in [-0.1, -0.05) is 194 Å². The Hall–Kier alpha value is -8.20. The van der Waals surface area contributed by atoms with Gasteiger partial charge in [0.2, 0.25) is 0 Å². The van der Waals surface area contributed by atoms with Crippen LogP contribution in [-0.2, 0) is 5.41 Å². The zero-order valence-electron chi connectivity index (χ0n) is 34.6. The molecule has 0 spiro atoms. The third-order valence-corrected chi connectivity index (χ3v) is 13.1. The van der Waals surface area contributed by atoms with Crippen molar-refractivity contribution in [1.29, 1.82) is 0 Å². The standard InChI is InChI=1S/C61H42N2/c1-5-19-45(20-6-1)61(46-21-7-2-8-22-46)57-31-17-15-29-53(57)54-40-38-50(42-58(54)61)62(47-23-9-3-10-24-47)49-36-33-43(34-37-49)51-27-13-14-28-52(51)44-35-39-56-55-30-16-18-32-59(55)63(60(56)41-44)48-25-11-4-12-26-48/h1-42H. The van der Waals surface area contributed by atoms with Crippen molar-refractivity contribution in [3.63, 3.8) is 0 Å². The normalized spacial score (nSPS) is 12.6. The number of hydrogen-bond acceptors (Lipinski definition) is 1. The highest BCUT2D eigenvalue weighted by molar-refractivity contribution is 6.10. The second-order valence-electron chi connectivity index (χ2n) is 16.4. The maximum atomic E-state index is 2.44. The summed E-state index contributed by atoms with van der Waals surface area (Å²) in [6, 6.07) is 93.1. The quantitative estimate of drug-likeness (QED) is 0.149. The molecule has 296 valence electrons. The lowest BCUT2D eigenvalue weighted by Gasteiger charge is -2.35. The van der Waals surface area contributed by atoms with Crippen molar-refractivity contribution in [3.05, 3.63) is 277 Å². The highest BCUT2D eigenvalue weighted by Gasteiger charge is 2.46. The van der Waals surface area contributed by atoms with E-state index in [9.17, 15) is 0 Å². The van der Waals surface area contributed by atoms with Crippen LogP contribution >= 0.6 is 0 Å². The predicted octanol–water partition coefficient (Wildman–Crippen LogP) is 16.0. The summed E-state index contributed by atoms with van der Waals surface area (Å²) in [4.78, 5) is 2.40. The van der Waals surface area contributed by atoms with E-state index in [1.807, 2.05) is 0 Å². The van der Waals surface area contributed by atoms with Gasteiger partial charge in [0, 0.05) is 33.5 Å². The number of benzene rings is 10. The molecular weight excluding hydrogens is 761 g/mol. The first kappa shape index (κ1) is 36.6. The molecule has 1 heterocycles. The number of aromatic nitrogens is 1. The topological polar surface area (TPSA) is 8.17 Å². The minimum Gasteiger partial charge on any atom is -0.310 e. The van der Waals surface area contributed by atoms with Crippen LogP contribution in [0.25, 0.3) is 60.9 Å². The zero-order chi connectivity index (χ0) is 41.7. The summed E-state index contributed by atoms with van der Waals surface area (Å²) >= 11 is 0. The van der Waals surface area contributed by atoms with Crippen LogP contribution in [0.5, 0.6) is 0 Å². The smallest absolute Gasteiger partial charge is 0.0714 e. The highest BCUT2D eigenvalue weighted by atomic mass is 15.1. The van der Waals surface area contributed by atoms with Gasteiger partial charge in [0.1, 0.15) is 0 Å². The summed E-state index contributed by atoms with van der Waals surface area (Å²) in [5.41, 5.74) is 18.8. The van der Waals surface area contributed by atoms with E-state index < -0.39 is 5.41 Å². The molecular formula is C61H42N2.